The number of hydrogen-bond acceptors (Lipinski definition) is 6. The van der Waals surface area contributed by atoms with E-state index < -0.39 is 10.3 Å². The zero-order valence-electron chi connectivity index (χ0n) is 14.1. The van der Waals surface area contributed by atoms with Crippen molar-refractivity contribution < 1.29 is 26.9 Å². The average molecular weight is 339 g/mol. The molecule has 132 valence electrons. The molecule has 0 radical (unpaired) electrons. The molecule has 0 atom stereocenters. The van der Waals surface area contributed by atoms with E-state index in [1.54, 1.807) is 0 Å². The summed E-state index contributed by atoms with van der Waals surface area (Å²) in [5.41, 5.74) is -0.311. The van der Waals surface area contributed by atoms with Crippen molar-refractivity contribution in [2.45, 2.75) is 65.1 Å². The highest BCUT2D eigenvalue weighted by molar-refractivity contribution is 7.84. The molecular weight excluding hydrogens is 310 g/mol. The number of rotatable bonds is 3. The van der Waals surface area contributed by atoms with Gasteiger partial charge in [0.2, 0.25) is 0 Å². The Labute approximate surface area is 133 Å². The smallest absolute Gasteiger partial charge is 0.333 e. The summed E-state index contributed by atoms with van der Waals surface area (Å²) in [4.78, 5) is 10.8. The van der Waals surface area contributed by atoms with Crippen LogP contribution in [0.4, 0.5) is 0 Å². The largest absolute Gasteiger partial charge is 0.469 e. The van der Waals surface area contributed by atoms with E-state index in [2.05, 4.69) is 14.1 Å². The van der Waals surface area contributed by atoms with Crippen LogP contribution in [0.3, 0.4) is 0 Å². The third-order valence-electron chi connectivity index (χ3n) is 3.86. The summed E-state index contributed by atoms with van der Waals surface area (Å²) in [5.74, 6) is -0.134. The number of ether oxygens (including phenoxy) is 2. The number of esters is 1. The molecule has 22 heavy (non-hydrogen) atoms. The number of methoxy groups -OCH3 is 1. The third-order valence-corrected chi connectivity index (χ3v) is 4.32. The fourth-order valence-electron chi connectivity index (χ4n) is 2.00. The van der Waals surface area contributed by atoms with Gasteiger partial charge in [0.15, 0.2) is 0 Å². The van der Waals surface area contributed by atoms with Crippen LogP contribution in [-0.4, -0.2) is 40.8 Å². The van der Waals surface area contributed by atoms with Gasteiger partial charge >= 0.3 is 16.3 Å². The zero-order chi connectivity index (χ0) is 17.4. The summed E-state index contributed by atoms with van der Waals surface area (Å²) in [7, 11) is -1.25. The molecular formula is C14H29NO6S. The minimum absolute atomic E-state index is 0.134. The molecule has 8 heteroatoms. The van der Waals surface area contributed by atoms with Gasteiger partial charge in [0.25, 0.3) is 0 Å². The quantitative estimate of drug-likeness (QED) is 0.786. The van der Waals surface area contributed by atoms with Crippen LogP contribution in [0.2, 0.25) is 0 Å². The average Bonchev–Trinajstić information content (AvgIpc) is 3.12. The maximum atomic E-state index is 10.8. The molecule has 0 saturated carbocycles. The first kappa shape index (κ1) is 21.3. The van der Waals surface area contributed by atoms with Crippen LogP contribution in [0.15, 0.2) is 0 Å². The maximum Gasteiger partial charge on any atom is 0.333 e. The van der Waals surface area contributed by atoms with E-state index in [1.165, 1.54) is 32.8 Å². The predicted octanol–water partition coefficient (Wildman–Crippen LogP) is 1.76. The molecule has 2 rings (SSSR count). The van der Waals surface area contributed by atoms with Gasteiger partial charge in [-0.1, -0.05) is 6.92 Å². The standard InChI is InChI=1S/C7H14O2.C6H10O.CH5NO3S/c1-5-7(2,3)6(8)9-4;1-2-6-4-3-5(1)7-6;1-5-6(2,3)4/h5H2,1-4H3;5-6H,1-4H2;1H3,(H2,2,3,4). The lowest BCUT2D eigenvalue weighted by Gasteiger charge is -2.17. The molecule has 2 aliphatic heterocycles. The van der Waals surface area contributed by atoms with Crippen molar-refractivity contribution in [3.63, 3.8) is 0 Å². The molecule has 2 saturated heterocycles. The van der Waals surface area contributed by atoms with Crippen LogP contribution in [0.25, 0.3) is 0 Å². The van der Waals surface area contributed by atoms with Gasteiger partial charge in [0.1, 0.15) is 0 Å². The van der Waals surface area contributed by atoms with Crippen LogP contribution < -0.4 is 5.14 Å². The van der Waals surface area contributed by atoms with Crippen molar-refractivity contribution in [2.24, 2.45) is 10.6 Å². The fraction of sp³-hybridized carbons (Fsp3) is 0.929. The lowest BCUT2D eigenvalue weighted by Crippen LogP contribution is -2.24. The lowest BCUT2D eigenvalue weighted by molar-refractivity contribution is -0.150. The Hall–Kier alpha value is -0.700. The minimum atomic E-state index is -3.66. The second-order valence-electron chi connectivity index (χ2n) is 5.92. The van der Waals surface area contributed by atoms with Crippen molar-refractivity contribution in [3.05, 3.63) is 0 Å². The van der Waals surface area contributed by atoms with Crippen LogP contribution in [-0.2, 0) is 28.8 Å². The van der Waals surface area contributed by atoms with E-state index in [0.29, 0.717) is 12.2 Å². The van der Waals surface area contributed by atoms with Gasteiger partial charge in [-0.3, -0.25) is 8.98 Å². The van der Waals surface area contributed by atoms with Crippen molar-refractivity contribution in [1.82, 2.24) is 0 Å². The Morgan fingerprint density at radius 1 is 1.18 bits per heavy atom. The van der Waals surface area contributed by atoms with Crippen molar-refractivity contribution >= 4 is 16.3 Å². The van der Waals surface area contributed by atoms with Crippen molar-refractivity contribution in [3.8, 4) is 0 Å². The lowest BCUT2D eigenvalue weighted by atomic mass is 9.91. The third kappa shape index (κ3) is 8.67. The molecule has 0 aromatic heterocycles. The molecule has 0 unspecified atom stereocenters. The zero-order valence-corrected chi connectivity index (χ0v) is 14.9. The molecule has 0 aromatic rings. The molecule has 2 fully saturated rings. The van der Waals surface area contributed by atoms with Crippen LogP contribution in [0.1, 0.15) is 52.9 Å². The molecule has 0 aliphatic carbocycles. The molecule has 0 amide bonds. The van der Waals surface area contributed by atoms with Gasteiger partial charge in [-0.15, -0.1) is 0 Å². The van der Waals surface area contributed by atoms with Gasteiger partial charge in [-0.05, 0) is 46.0 Å². The molecule has 7 nitrogen and oxygen atoms in total. The molecule has 2 aliphatic rings. The van der Waals surface area contributed by atoms with E-state index in [1.807, 2.05) is 20.8 Å². The van der Waals surface area contributed by atoms with Crippen LogP contribution in [0, 0.1) is 5.41 Å². The Kier molecular flexibility index (Phi) is 9.14. The summed E-state index contributed by atoms with van der Waals surface area (Å²) < 4.78 is 32.8. The summed E-state index contributed by atoms with van der Waals surface area (Å²) in [6.45, 7) is 5.72. The number of carbonyl (C=O) groups excluding carboxylic acids is 1. The summed E-state index contributed by atoms with van der Waals surface area (Å²) in [5, 5.41) is 4.28. The minimum Gasteiger partial charge on any atom is -0.469 e. The topological polar surface area (TPSA) is 105 Å². The van der Waals surface area contributed by atoms with Crippen LogP contribution >= 0.6 is 0 Å². The number of hydrogen-bond donors (Lipinski definition) is 1. The van der Waals surface area contributed by atoms with E-state index in [-0.39, 0.29) is 11.4 Å². The van der Waals surface area contributed by atoms with E-state index >= 15 is 0 Å². The monoisotopic (exact) mass is 339 g/mol. The molecule has 2 heterocycles. The first-order valence-corrected chi connectivity index (χ1v) is 8.85. The normalized spacial score (nSPS) is 23.0. The molecule has 2 N–H and O–H groups in total. The first-order valence-electron chi connectivity index (χ1n) is 7.38. The van der Waals surface area contributed by atoms with E-state index in [9.17, 15) is 13.2 Å². The Morgan fingerprint density at radius 3 is 1.64 bits per heavy atom. The van der Waals surface area contributed by atoms with E-state index in [4.69, 9.17) is 4.74 Å². The van der Waals surface area contributed by atoms with Crippen LogP contribution in [0.5, 0.6) is 0 Å². The van der Waals surface area contributed by atoms with Gasteiger partial charge in [0, 0.05) is 0 Å². The highest BCUT2D eigenvalue weighted by Gasteiger charge is 2.31. The summed E-state index contributed by atoms with van der Waals surface area (Å²) >= 11 is 0. The molecule has 2 bridgehead atoms. The van der Waals surface area contributed by atoms with Crippen molar-refractivity contribution in [1.29, 1.82) is 0 Å². The van der Waals surface area contributed by atoms with Gasteiger partial charge in [-0.25, -0.2) is 5.14 Å². The predicted molar refractivity (Wildman–Crippen MR) is 83.3 cm³/mol. The highest BCUT2D eigenvalue weighted by Crippen LogP contribution is 2.33. The summed E-state index contributed by atoms with van der Waals surface area (Å²) in [6, 6.07) is 0. The SMILES string of the molecule is C1CC2CCC1O2.CCC(C)(C)C(=O)OC.COS(N)(=O)=O. The molecule has 0 spiro atoms. The van der Waals surface area contributed by atoms with Gasteiger partial charge in [0.05, 0.1) is 31.8 Å². The second-order valence-corrected chi connectivity index (χ2v) is 7.24. The van der Waals surface area contributed by atoms with E-state index in [0.717, 1.165) is 13.5 Å². The number of fused-ring (bicyclic) bond motifs is 2. The number of nitrogens with two attached hydrogens (primary N) is 1. The summed E-state index contributed by atoms with van der Waals surface area (Å²) in [6.07, 6.45) is 7.51. The van der Waals surface area contributed by atoms with Crippen molar-refractivity contribution in [2.75, 3.05) is 14.2 Å². The first-order chi connectivity index (χ1) is 10.1. The number of carbonyl (C=O) groups is 1. The maximum absolute atomic E-state index is 10.8. The molecule has 0 aromatic carbocycles. The Bertz CT molecular complexity index is 417. The Morgan fingerprint density at radius 2 is 1.55 bits per heavy atom. The Balaban J connectivity index is 0.000000307. The van der Waals surface area contributed by atoms with Gasteiger partial charge in [-0.2, -0.15) is 8.42 Å². The second kappa shape index (κ2) is 9.44. The highest BCUT2D eigenvalue weighted by atomic mass is 32.2. The fourth-order valence-corrected chi connectivity index (χ4v) is 2.00. The van der Waals surface area contributed by atoms with Gasteiger partial charge < -0.3 is 9.47 Å².